The van der Waals surface area contributed by atoms with Gasteiger partial charge >= 0.3 is 0 Å². The predicted octanol–water partition coefficient (Wildman–Crippen LogP) is 0.919. The molecule has 0 aliphatic rings. The Bertz CT molecular complexity index is 445. The van der Waals surface area contributed by atoms with E-state index in [4.69, 9.17) is 16.7 Å². The van der Waals surface area contributed by atoms with Gasteiger partial charge in [-0.15, -0.1) is 0 Å². The minimum atomic E-state index is -3.53. The minimum absolute atomic E-state index is 0.00398. The monoisotopic (exact) mass is 249 g/mol. The molecule has 0 aromatic heterocycles. The molecule has 0 fully saturated rings. The third-order valence-electron chi connectivity index (χ3n) is 1.84. The number of hydrogen-bond acceptors (Lipinski definition) is 3. The van der Waals surface area contributed by atoms with Crippen molar-refractivity contribution in [2.24, 2.45) is 0 Å². The van der Waals surface area contributed by atoms with Gasteiger partial charge in [0.1, 0.15) is 0 Å². The van der Waals surface area contributed by atoms with Crippen molar-refractivity contribution >= 4 is 21.6 Å². The molecule has 0 aliphatic heterocycles. The van der Waals surface area contributed by atoms with Gasteiger partial charge in [0.05, 0.1) is 11.5 Å². The molecule has 6 heteroatoms. The van der Waals surface area contributed by atoms with Gasteiger partial charge in [0.15, 0.2) is 0 Å². The number of benzene rings is 1. The standard InChI is InChI=1S/C9H12ClNO3S/c1-7-6-8(2-3-9(7)10)15(13,14)11-4-5-12/h2-3,6,11-12H,4-5H2,1H3. The van der Waals surface area contributed by atoms with E-state index in [-0.39, 0.29) is 18.0 Å². The summed E-state index contributed by atoms with van der Waals surface area (Å²) >= 11 is 5.78. The largest absolute Gasteiger partial charge is 0.395 e. The fraction of sp³-hybridized carbons (Fsp3) is 0.333. The van der Waals surface area contributed by atoms with Gasteiger partial charge in [0.25, 0.3) is 0 Å². The SMILES string of the molecule is Cc1cc(S(=O)(=O)NCCO)ccc1Cl. The van der Waals surface area contributed by atoms with Crippen molar-refractivity contribution in [3.05, 3.63) is 28.8 Å². The van der Waals surface area contributed by atoms with Crippen LogP contribution in [0, 0.1) is 6.92 Å². The summed E-state index contributed by atoms with van der Waals surface area (Å²) in [5, 5.41) is 9.05. The minimum Gasteiger partial charge on any atom is -0.395 e. The van der Waals surface area contributed by atoms with Gasteiger partial charge < -0.3 is 5.11 Å². The van der Waals surface area contributed by atoms with Crippen LogP contribution in [0.5, 0.6) is 0 Å². The third-order valence-corrected chi connectivity index (χ3v) is 3.73. The van der Waals surface area contributed by atoms with Gasteiger partial charge in [-0.25, -0.2) is 13.1 Å². The van der Waals surface area contributed by atoms with E-state index in [2.05, 4.69) is 4.72 Å². The first-order valence-corrected chi connectivity index (χ1v) is 6.20. The van der Waals surface area contributed by atoms with E-state index in [1.165, 1.54) is 18.2 Å². The lowest BCUT2D eigenvalue weighted by Crippen LogP contribution is -2.26. The molecule has 0 radical (unpaired) electrons. The smallest absolute Gasteiger partial charge is 0.240 e. The Kier molecular flexibility index (Phi) is 4.10. The molecule has 0 spiro atoms. The van der Waals surface area contributed by atoms with Crippen molar-refractivity contribution in [1.82, 2.24) is 4.72 Å². The van der Waals surface area contributed by atoms with Crippen LogP contribution in [0.15, 0.2) is 23.1 Å². The first-order chi connectivity index (χ1) is 6.97. The second-order valence-electron chi connectivity index (χ2n) is 3.03. The summed E-state index contributed by atoms with van der Waals surface area (Å²) in [7, 11) is -3.53. The molecule has 1 aromatic rings. The highest BCUT2D eigenvalue weighted by molar-refractivity contribution is 7.89. The molecule has 0 unspecified atom stereocenters. The number of aliphatic hydroxyl groups excluding tert-OH is 1. The zero-order valence-electron chi connectivity index (χ0n) is 8.20. The highest BCUT2D eigenvalue weighted by Crippen LogP contribution is 2.19. The number of aryl methyl sites for hydroxylation is 1. The molecule has 0 atom stereocenters. The van der Waals surface area contributed by atoms with E-state index in [1.807, 2.05) is 0 Å². The fourth-order valence-corrected chi connectivity index (χ4v) is 2.27. The number of hydrogen-bond donors (Lipinski definition) is 2. The average Bonchev–Trinajstić information content (AvgIpc) is 2.19. The molecule has 4 nitrogen and oxygen atoms in total. The number of rotatable bonds is 4. The Morgan fingerprint density at radius 3 is 2.67 bits per heavy atom. The van der Waals surface area contributed by atoms with E-state index in [0.29, 0.717) is 10.6 Å². The molecule has 0 amide bonds. The second-order valence-corrected chi connectivity index (χ2v) is 5.21. The molecule has 84 valence electrons. The van der Waals surface area contributed by atoms with E-state index < -0.39 is 10.0 Å². The topological polar surface area (TPSA) is 66.4 Å². The molecule has 2 N–H and O–H groups in total. The van der Waals surface area contributed by atoms with Crippen LogP contribution in [0.4, 0.5) is 0 Å². The van der Waals surface area contributed by atoms with Crippen LogP contribution >= 0.6 is 11.6 Å². The Balaban J connectivity index is 3.00. The maximum absolute atomic E-state index is 11.6. The molecule has 0 aliphatic carbocycles. The number of aliphatic hydroxyl groups is 1. The zero-order valence-corrected chi connectivity index (χ0v) is 9.77. The van der Waals surface area contributed by atoms with Gasteiger partial charge in [-0.05, 0) is 30.7 Å². The molecular formula is C9H12ClNO3S. The van der Waals surface area contributed by atoms with E-state index in [0.717, 1.165) is 0 Å². The Morgan fingerprint density at radius 1 is 1.47 bits per heavy atom. The van der Waals surface area contributed by atoms with Crippen molar-refractivity contribution < 1.29 is 13.5 Å². The average molecular weight is 250 g/mol. The summed E-state index contributed by atoms with van der Waals surface area (Å²) in [6.45, 7) is 1.50. The summed E-state index contributed by atoms with van der Waals surface area (Å²) in [5.74, 6) is 0. The Labute approximate surface area is 93.9 Å². The maximum atomic E-state index is 11.6. The number of nitrogens with one attached hydrogen (secondary N) is 1. The van der Waals surface area contributed by atoms with E-state index >= 15 is 0 Å². The molecule has 1 rings (SSSR count). The van der Waals surface area contributed by atoms with Gasteiger partial charge in [-0.1, -0.05) is 11.6 Å². The second kappa shape index (κ2) is 4.94. The molecule has 0 bridgehead atoms. The van der Waals surface area contributed by atoms with Crippen molar-refractivity contribution in [1.29, 1.82) is 0 Å². The molecule has 15 heavy (non-hydrogen) atoms. The Hall–Kier alpha value is -0.620. The first-order valence-electron chi connectivity index (χ1n) is 4.34. The maximum Gasteiger partial charge on any atom is 0.240 e. The van der Waals surface area contributed by atoms with Crippen molar-refractivity contribution in [2.45, 2.75) is 11.8 Å². The van der Waals surface area contributed by atoms with Gasteiger partial charge in [-0.2, -0.15) is 0 Å². The highest BCUT2D eigenvalue weighted by Gasteiger charge is 2.13. The van der Waals surface area contributed by atoms with Crippen molar-refractivity contribution in [2.75, 3.05) is 13.2 Å². The lowest BCUT2D eigenvalue weighted by Gasteiger charge is -2.06. The third kappa shape index (κ3) is 3.17. The summed E-state index contributed by atoms with van der Waals surface area (Å²) in [6, 6.07) is 4.45. The summed E-state index contributed by atoms with van der Waals surface area (Å²) in [5.41, 5.74) is 0.698. The lowest BCUT2D eigenvalue weighted by molar-refractivity contribution is 0.301. The van der Waals surface area contributed by atoms with Gasteiger partial charge in [0.2, 0.25) is 10.0 Å². The van der Waals surface area contributed by atoms with Crippen LogP contribution < -0.4 is 4.72 Å². The molecular weight excluding hydrogens is 238 g/mol. The van der Waals surface area contributed by atoms with Crippen LogP contribution in [0.3, 0.4) is 0 Å². The lowest BCUT2D eigenvalue weighted by atomic mass is 10.2. The quantitative estimate of drug-likeness (QED) is 0.834. The normalized spacial score (nSPS) is 11.7. The number of sulfonamides is 1. The van der Waals surface area contributed by atoms with Crippen molar-refractivity contribution in [3.63, 3.8) is 0 Å². The molecule has 0 saturated heterocycles. The highest BCUT2D eigenvalue weighted by atomic mass is 35.5. The van der Waals surface area contributed by atoms with Crippen LogP contribution in [0.2, 0.25) is 5.02 Å². The first kappa shape index (κ1) is 12.4. The predicted molar refractivity (Wildman–Crippen MR) is 58.5 cm³/mol. The molecule has 0 heterocycles. The van der Waals surface area contributed by atoms with Gasteiger partial charge in [-0.3, -0.25) is 0 Å². The van der Waals surface area contributed by atoms with Gasteiger partial charge in [0, 0.05) is 11.6 Å². The van der Waals surface area contributed by atoms with E-state index in [1.54, 1.807) is 6.92 Å². The van der Waals surface area contributed by atoms with Crippen LogP contribution in [-0.2, 0) is 10.0 Å². The number of halogens is 1. The summed E-state index contributed by atoms with van der Waals surface area (Å²) < 4.78 is 25.4. The summed E-state index contributed by atoms with van der Waals surface area (Å²) in [4.78, 5) is 0.151. The zero-order chi connectivity index (χ0) is 11.5. The molecule has 0 saturated carbocycles. The van der Waals surface area contributed by atoms with Crippen LogP contribution in [0.25, 0.3) is 0 Å². The van der Waals surface area contributed by atoms with Crippen molar-refractivity contribution in [3.8, 4) is 0 Å². The van der Waals surface area contributed by atoms with Crippen LogP contribution in [-0.4, -0.2) is 26.7 Å². The van der Waals surface area contributed by atoms with Crippen LogP contribution in [0.1, 0.15) is 5.56 Å². The summed E-state index contributed by atoms with van der Waals surface area (Å²) in [6.07, 6.45) is 0. The van der Waals surface area contributed by atoms with E-state index in [9.17, 15) is 8.42 Å². The molecule has 1 aromatic carbocycles. The Morgan fingerprint density at radius 2 is 2.13 bits per heavy atom. The fourth-order valence-electron chi connectivity index (χ4n) is 1.05.